The lowest BCUT2D eigenvalue weighted by molar-refractivity contribution is -0.157. The van der Waals surface area contributed by atoms with E-state index in [-0.39, 0.29) is 86.1 Å². The molecule has 1 rings (SSSR count). The van der Waals surface area contributed by atoms with Crippen LogP contribution in [0.3, 0.4) is 0 Å². The molecular weight excluding hydrogens is 1080 g/mol. The lowest BCUT2D eigenvalue weighted by atomic mass is 9.84. The first kappa shape index (κ1) is 77.5. The number of aliphatic hydroxyl groups excluding tert-OH is 1. The second-order valence-electron chi connectivity index (χ2n) is 27.0. The highest BCUT2D eigenvalue weighted by Crippen LogP contribution is 2.29. The molecule has 12 unspecified atom stereocenters. The standard InChI is InChI=1S/C65H114N8O12/c1-25-27-28-43(15)58(78)57-54(76)34-46(26-2)61(81)67(18)36-55(77)68(19)48(29-37(3)4)53(75)35-47(41(11)12)62(82)69(20)49(30-38(5)6)52(74)33-44(16)59(79)66-45(17)60(80)70(21)50(31-39(7)8)63(83)71(22)51(32-40(9)10)64(84)72(23)56(42(13)14)65(85)73(57)24/h25,27,37-51,56-58,78H,26,28-36H2,1-24H3,(H,66,79)/b27-25+. The number of amides is 8. The van der Waals surface area contributed by atoms with Crippen LogP contribution in [-0.2, 0) is 52.7 Å². The number of allylic oxidation sites excluding steroid dienone is 2. The molecule has 85 heavy (non-hydrogen) atoms. The molecular formula is C65H114N8O12. The largest absolute Gasteiger partial charge is 0.390 e. The van der Waals surface area contributed by atoms with E-state index >= 15 is 9.59 Å². The molecule has 12 atom stereocenters. The number of hydrogen-bond donors (Lipinski definition) is 2. The van der Waals surface area contributed by atoms with Gasteiger partial charge in [-0.15, -0.1) is 0 Å². The number of rotatable bonds is 15. The molecule has 0 aromatic rings. The van der Waals surface area contributed by atoms with Crippen molar-refractivity contribution in [3.63, 3.8) is 0 Å². The molecule has 1 saturated heterocycles. The van der Waals surface area contributed by atoms with E-state index < -0.39 is 144 Å². The fraction of sp³-hybridized carbons (Fsp3) is 0.800. The monoisotopic (exact) mass is 1200 g/mol. The van der Waals surface area contributed by atoms with E-state index in [0.29, 0.717) is 6.42 Å². The van der Waals surface area contributed by atoms with Gasteiger partial charge in [0, 0.05) is 86.3 Å². The van der Waals surface area contributed by atoms with Crippen LogP contribution in [0.25, 0.3) is 0 Å². The second-order valence-corrected chi connectivity index (χ2v) is 27.0. The van der Waals surface area contributed by atoms with Crippen molar-refractivity contribution in [3.05, 3.63) is 12.2 Å². The molecule has 1 heterocycles. The highest BCUT2D eigenvalue weighted by atomic mass is 16.3. The smallest absolute Gasteiger partial charge is 0.246 e. The Kier molecular flexibility index (Phi) is 32.2. The summed E-state index contributed by atoms with van der Waals surface area (Å²) in [4.78, 5) is 170. The summed E-state index contributed by atoms with van der Waals surface area (Å²) in [5, 5.41) is 14.9. The number of ketones is 3. The van der Waals surface area contributed by atoms with Gasteiger partial charge in [-0.05, 0) is 93.8 Å². The van der Waals surface area contributed by atoms with Crippen LogP contribution < -0.4 is 5.32 Å². The van der Waals surface area contributed by atoms with Gasteiger partial charge in [-0.25, -0.2) is 0 Å². The highest BCUT2D eigenvalue weighted by Gasteiger charge is 2.45. The van der Waals surface area contributed by atoms with Gasteiger partial charge in [0.2, 0.25) is 47.3 Å². The summed E-state index contributed by atoms with van der Waals surface area (Å²) in [7, 11) is 10.2. The summed E-state index contributed by atoms with van der Waals surface area (Å²) < 4.78 is 0. The van der Waals surface area contributed by atoms with Crippen LogP contribution in [0.2, 0.25) is 0 Å². The number of likely N-dealkylation sites (N-methyl/N-ethyl adjacent to an activating group) is 7. The molecule has 8 amide bonds. The maximum Gasteiger partial charge on any atom is 0.246 e. The van der Waals surface area contributed by atoms with Crippen molar-refractivity contribution in [2.24, 2.45) is 59.2 Å². The summed E-state index contributed by atoms with van der Waals surface area (Å²) in [6.45, 7) is 30.1. The Balaban J connectivity index is 4.32. The van der Waals surface area contributed by atoms with Gasteiger partial charge in [0.1, 0.15) is 30.2 Å². The van der Waals surface area contributed by atoms with E-state index in [1.54, 1.807) is 54.5 Å². The number of Topliss-reactive ketones (excluding diaryl/α,β-unsaturated/α-hetero) is 3. The van der Waals surface area contributed by atoms with E-state index in [2.05, 4.69) is 5.32 Å². The maximum absolute atomic E-state index is 15.2. The van der Waals surface area contributed by atoms with Crippen LogP contribution in [-0.4, -0.2) is 208 Å². The van der Waals surface area contributed by atoms with Crippen LogP contribution in [0.4, 0.5) is 0 Å². The van der Waals surface area contributed by atoms with Gasteiger partial charge >= 0.3 is 0 Å². The second kappa shape index (κ2) is 35.3. The minimum absolute atomic E-state index is 0.0648. The molecule has 2 N–H and O–H groups in total. The van der Waals surface area contributed by atoms with Gasteiger partial charge in [0.15, 0.2) is 17.3 Å². The Morgan fingerprint density at radius 2 is 0.918 bits per heavy atom. The summed E-state index contributed by atoms with van der Waals surface area (Å²) in [6.07, 6.45) is 2.59. The van der Waals surface area contributed by atoms with Crippen molar-refractivity contribution in [2.75, 3.05) is 55.9 Å². The lowest BCUT2D eigenvalue weighted by Crippen LogP contribution is -2.61. The van der Waals surface area contributed by atoms with Crippen molar-refractivity contribution >= 4 is 64.6 Å². The fourth-order valence-electron chi connectivity index (χ4n) is 11.5. The predicted molar refractivity (Wildman–Crippen MR) is 332 cm³/mol. The molecule has 0 aliphatic carbocycles. The molecule has 0 radical (unpaired) electrons. The normalized spacial score (nSPS) is 27.2. The molecule has 1 aliphatic rings. The molecule has 1 fully saturated rings. The van der Waals surface area contributed by atoms with E-state index in [1.807, 2.05) is 68.4 Å². The van der Waals surface area contributed by atoms with Crippen LogP contribution in [0, 0.1) is 59.2 Å². The lowest BCUT2D eigenvalue weighted by Gasteiger charge is -2.41. The molecule has 0 aromatic heterocycles. The SMILES string of the molecule is C/C=C/CC(C)C(O)C1C(=O)CC(CC)C(=O)N(C)CC(=O)N(C)C(CC(C)C)C(=O)CC(C(C)C)C(=O)N(C)C(CC(C)C)C(=O)CC(C)C(=O)NC(C)C(=O)N(C)C(CC(C)C)C(=O)N(C)C(CC(C)C)C(=O)N(C)C(C(C)C)C(=O)N1C. The summed E-state index contributed by atoms with van der Waals surface area (Å²) in [5.74, 6) is -10.7. The van der Waals surface area contributed by atoms with Crippen LogP contribution in [0.5, 0.6) is 0 Å². The Bertz CT molecular complexity index is 2320. The topological polar surface area (TPSA) is 243 Å². The Morgan fingerprint density at radius 1 is 0.494 bits per heavy atom. The van der Waals surface area contributed by atoms with Gasteiger partial charge in [-0.3, -0.25) is 52.7 Å². The Morgan fingerprint density at radius 3 is 1.36 bits per heavy atom. The molecule has 486 valence electrons. The zero-order chi connectivity index (χ0) is 66.0. The summed E-state index contributed by atoms with van der Waals surface area (Å²) >= 11 is 0. The molecule has 1 aliphatic heterocycles. The molecule has 0 bridgehead atoms. The average Bonchev–Trinajstić information content (AvgIpc) is 3.62. The minimum atomic E-state index is -1.49. The van der Waals surface area contributed by atoms with Crippen LogP contribution >= 0.6 is 0 Å². The van der Waals surface area contributed by atoms with Crippen LogP contribution in [0.1, 0.15) is 175 Å². The predicted octanol–water partition coefficient (Wildman–Crippen LogP) is 6.54. The Hall–Kier alpha value is -5.53. The Labute approximate surface area is 511 Å². The average molecular weight is 1200 g/mol. The molecule has 0 saturated carbocycles. The fourth-order valence-corrected chi connectivity index (χ4v) is 11.5. The zero-order valence-corrected chi connectivity index (χ0v) is 56.7. The number of carbonyl (C=O) groups is 11. The first-order valence-electron chi connectivity index (χ1n) is 31.2. The van der Waals surface area contributed by atoms with E-state index in [9.17, 15) is 48.3 Å². The maximum atomic E-state index is 15.2. The number of nitrogens with one attached hydrogen (secondary N) is 1. The van der Waals surface area contributed by atoms with Gasteiger partial charge in [-0.2, -0.15) is 0 Å². The third-order valence-electron chi connectivity index (χ3n) is 17.1. The molecule has 0 spiro atoms. The van der Waals surface area contributed by atoms with E-state index in [4.69, 9.17) is 0 Å². The molecule has 20 heteroatoms. The molecule has 20 nitrogen and oxygen atoms in total. The van der Waals surface area contributed by atoms with E-state index in [0.717, 1.165) is 4.90 Å². The number of aliphatic hydroxyl groups is 1. The van der Waals surface area contributed by atoms with Crippen molar-refractivity contribution in [1.82, 2.24) is 39.6 Å². The summed E-state index contributed by atoms with van der Waals surface area (Å²) in [6, 6.07) is -8.09. The number of carbonyl (C=O) groups excluding carboxylic acids is 11. The minimum Gasteiger partial charge on any atom is -0.390 e. The van der Waals surface area contributed by atoms with Gasteiger partial charge in [0.05, 0.1) is 24.7 Å². The highest BCUT2D eigenvalue weighted by molar-refractivity contribution is 5.99. The number of nitrogens with zero attached hydrogens (tertiary/aromatic N) is 7. The van der Waals surface area contributed by atoms with E-state index in [1.165, 1.54) is 85.7 Å². The molecule has 0 aromatic carbocycles. The third-order valence-corrected chi connectivity index (χ3v) is 17.1. The van der Waals surface area contributed by atoms with Gasteiger partial charge in [-0.1, -0.05) is 116 Å². The van der Waals surface area contributed by atoms with Gasteiger partial charge in [0.25, 0.3) is 0 Å². The van der Waals surface area contributed by atoms with Crippen molar-refractivity contribution < 1.29 is 57.8 Å². The quantitative estimate of drug-likeness (QED) is 0.166. The van der Waals surface area contributed by atoms with Crippen molar-refractivity contribution in [1.29, 1.82) is 0 Å². The summed E-state index contributed by atoms with van der Waals surface area (Å²) in [5.41, 5.74) is 0. The van der Waals surface area contributed by atoms with Gasteiger partial charge < -0.3 is 44.7 Å². The van der Waals surface area contributed by atoms with Crippen molar-refractivity contribution in [2.45, 2.75) is 224 Å². The van der Waals surface area contributed by atoms with Crippen LogP contribution in [0.15, 0.2) is 12.2 Å². The number of hydrogen-bond acceptors (Lipinski definition) is 12. The first-order chi connectivity index (χ1) is 39.2. The third kappa shape index (κ3) is 22.0. The zero-order valence-electron chi connectivity index (χ0n) is 56.7. The first-order valence-corrected chi connectivity index (χ1v) is 31.2. The van der Waals surface area contributed by atoms with Crippen molar-refractivity contribution in [3.8, 4) is 0 Å².